The van der Waals surface area contributed by atoms with Crippen molar-refractivity contribution in [2.75, 3.05) is 10.7 Å². The topological polar surface area (TPSA) is 98.7 Å². The van der Waals surface area contributed by atoms with Gasteiger partial charge in [-0.3, -0.25) is 15.0 Å². The molecule has 2 aliphatic carbocycles. The minimum absolute atomic E-state index is 0.0742. The van der Waals surface area contributed by atoms with E-state index in [1.165, 1.54) is 35.3 Å². The van der Waals surface area contributed by atoms with Crippen molar-refractivity contribution in [3.05, 3.63) is 70.6 Å². The third-order valence-corrected chi connectivity index (χ3v) is 9.63. The van der Waals surface area contributed by atoms with E-state index in [0.717, 1.165) is 12.1 Å². The number of fused-ring (bicyclic) bond motifs is 1. The van der Waals surface area contributed by atoms with Gasteiger partial charge in [-0.1, -0.05) is 62.9 Å². The van der Waals surface area contributed by atoms with Gasteiger partial charge in [-0.05, 0) is 83.5 Å². The normalized spacial score (nSPS) is 28.7. The lowest BCUT2D eigenvalue weighted by Gasteiger charge is -2.32. The number of amides is 2. The number of anilines is 2. The Hall–Kier alpha value is -3.17. The summed E-state index contributed by atoms with van der Waals surface area (Å²) in [5.74, 6) is 0.552. The summed E-state index contributed by atoms with van der Waals surface area (Å²) in [5.41, 5.74) is 5.55. The number of allylic oxidation sites excluding steroid dienone is 1. The third-order valence-electron chi connectivity index (χ3n) is 8.31. The van der Waals surface area contributed by atoms with Crippen LogP contribution < -0.4 is 10.7 Å². The highest BCUT2D eigenvalue weighted by atomic mass is 32.2. The number of benzene rings is 2. The molecular formula is C29H31N3O4S2. The maximum absolute atomic E-state index is 13.4. The molecule has 0 spiro atoms. The average Bonchev–Trinajstić information content (AvgIpc) is 3.34. The maximum atomic E-state index is 13.4. The van der Waals surface area contributed by atoms with E-state index in [2.05, 4.69) is 49.7 Å². The van der Waals surface area contributed by atoms with E-state index in [1.54, 1.807) is 18.2 Å². The summed E-state index contributed by atoms with van der Waals surface area (Å²) in [6, 6.07) is 14.7. The molecule has 3 N–H and O–H groups in total. The Kier molecular flexibility index (Phi) is 6.86. The van der Waals surface area contributed by atoms with E-state index in [-0.39, 0.29) is 28.7 Å². The van der Waals surface area contributed by atoms with Gasteiger partial charge in [0.2, 0.25) is 5.91 Å². The van der Waals surface area contributed by atoms with Crippen LogP contribution in [0.4, 0.5) is 11.4 Å². The van der Waals surface area contributed by atoms with Crippen molar-refractivity contribution >= 4 is 57.5 Å². The fraction of sp³-hybridized carbons (Fsp3) is 0.379. The summed E-state index contributed by atoms with van der Waals surface area (Å²) >= 11 is 6.75. The Morgan fingerprint density at radius 1 is 1.13 bits per heavy atom. The highest BCUT2D eigenvalue weighted by Gasteiger charge is 2.66. The first-order valence-electron chi connectivity index (χ1n) is 12.7. The quantitative estimate of drug-likeness (QED) is 0.295. The number of nitrogens with zero attached hydrogens (tertiary/aromatic N) is 1. The van der Waals surface area contributed by atoms with Gasteiger partial charge in [-0.25, -0.2) is 9.80 Å². The number of carboxylic acids is 1. The van der Waals surface area contributed by atoms with Crippen LogP contribution in [0.2, 0.25) is 0 Å². The van der Waals surface area contributed by atoms with Crippen LogP contribution in [0, 0.1) is 29.1 Å². The molecule has 5 atom stereocenters. The number of para-hydroxylation sites is 1. The number of thioether (sulfide) groups is 1. The van der Waals surface area contributed by atoms with Crippen LogP contribution in [0.5, 0.6) is 0 Å². The minimum atomic E-state index is -1.08. The van der Waals surface area contributed by atoms with Crippen LogP contribution >= 0.6 is 24.0 Å². The molecule has 1 aliphatic heterocycles. The second-order valence-corrected chi connectivity index (χ2v) is 12.8. The zero-order valence-corrected chi connectivity index (χ0v) is 23.4. The van der Waals surface area contributed by atoms with Crippen LogP contribution in [-0.2, 0) is 9.59 Å². The fourth-order valence-electron chi connectivity index (χ4n) is 6.55. The first-order chi connectivity index (χ1) is 18.0. The van der Waals surface area contributed by atoms with Crippen molar-refractivity contribution in [1.82, 2.24) is 5.01 Å². The molecule has 1 saturated heterocycles. The summed E-state index contributed by atoms with van der Waals surface area (Å²) in [6.07, 6.45) is 3.12. The van der Waals surface area contributed by atoms with Crippen molar-refractivity contribution in [2.45, 2.75) is 40.0 Å². The van der Waals surface area contributed by atoms with Gasteiger partial charge in [0.15, 0.2) is 4.32 Å². The lowest BCUT2D eigenvalue weighted by molar-refractivity contribution is -0.121. The van der Waals surface area contributed by atoms with E-state index in [4.69, 9.17) is 12.2 Å². The number of hydrogen-bond acceptors (Lipinski definition) is 6. The number of rotatable bonds is 6. The Bertz CT molecular complexity index is 1350. The van der Waals surface area contributed by atoms with Crippen molar-refractivity contribution < 1.29 is 19.5 Å². The zero-order valence-electron chi connectivity index (χ0n) is 21.7. The van der Waals surface area contributed by atoms with Gasteiger partial charge < -0.3 is 10.4 Å². The highest BCUT2D eigenvalue weighted by molar-refractivity contribution is 8.26. The van der Waals surface area contributed by atoms with Crippen LogP contribution in [0.1, 0.15) is 56.0 Å². The molecular weight excluding hydrogens is 518 g/mol. The molecule has 7 nitrogen and oxygen atoms in total. The molecule has 1 heterocycles. The van der Waals surface area contributed by atoms with E-state index in [1.807, 2.05) is 12.1 Å². The predicted octanol–water partition coefficient (Wildman–Crippen LogP) is 6.13. The molecule has 5 unspecified atom stereocenters. The number of carboxylic acid groups (broad SMARTS) is 1. The lowest BCUT2D eigenvalue weighted by Crippen LogP contribution is -2.34. The number of nitrogens with one attached hydrogen (secondary N) is 2. The van der Waals surface area contributed by atoms with Crippen LogP contribution in [0.15, 0.2) is 59.5 Å². The smallest absolute Gasteiger partial charge is 0.337 e. The number of hydrogen-bond donors (Lipinski definition) is 3. The second-order valence-electron chi connectivity index (χ2n) is 11.1. The largest absolute Gasteiger partial charge is 0.478 e. The molecule has 5 rings (SSSR count). The van der Waals surface area contributed by atoms with E-state index >= 15 is 0 Å². The molecule has 2 amide bonds. The number of carbonyl (C=O) groups excluding carboxylic acids is 2. The molecule has 9 heteroatoms. The molecule has 198 valence electrons. The van der Waals surface area contributed by atoms with Crippen molar-refractivity contribution in [2.24, 2.45) is 29.1 Å². The van der Waals surface area contributed by atoms with Crippen LogP contribution in [0.3, 0.4) is 0 Å². The van der Waals surface area contributed by atoms with Gasteiger partial charge in [0.25, 0.3) is 5.91 Å². The highest BCUT2D eigenvalue weighted by Crippen LogP contribution is 2.72. The molecule has 0 bridgehead atoms. The van der Waals surface area contributed by atoms with Gasteiger partial charge >= 0.3 is 5.97 Å². The van der Waals surface area contributed by atoms with E-state index in [9.17, 15) is 19.5 Å². The molecule has 0 aromatic heterocycles. The van der Waals surface area contributed by atoms with Crippen LogP contribution in [-0.4, -0.2) is 32.2 Å². The lowest BCUT2D eigenvalue weighted by atomic mass is 9.72. The Labute approximate surface area is 232 Å². The summed E-state index contributed by atoms with van der Waals surface area (Å²) in [7, 11) is 0. The molecule has 2 saturated carbocycles. The molecule has 0 radical (unpaired) electrons. The molecule has 3 aliphatic rings. The standard InChI is InChI=1S/C29H31N3O4S2/c1-15-13-21(17-9-11-18(12-10-17)30-16(2)33)25-24(29(25,3)4)20(15)14-23-26(34)32(28(37)38-23)31-22-8-6-5-7-19(22)27(35)36/h5-12,14-15,20-21,24-25,31H,13H2,1-4H3,(H,30,33)(H,35,36). The van der Waals surface area contributed by atoms with Gasteiger partial charge in [-0.2, -0.15) is 0 Å². The third kappa shape index (κ3) is 4.73. The molecule has 2 aromatic rings. The Balaban J connectivity index is 1.35. The first kappa shape index (κ1) is 26.4. The van der Waals surface area contributed by atoms with E-state index < -0.39 is 5.97 Å². The minimum Gasteiger partial charge on any atom is -0.478 e. The molecule has 3 fully saturated rings. The van der Waals surface area contributed by atoms with Gasteiger partial charge in [0.05, 0.1) is 16.2 Å². The summed E-state index contributed by atoms with van der Waals surface area (Å²) < 4.78 is 0.355. The molecule has 2 aromatic carbocycles. The van der Waals surface area contributed by atoms with Crippen molar-refractivity contribution in [1.29, 1.82) is 0 Å². The van der Waals surface area contributed by atoms with Crippen LogP contribution in [0.25, 0.3) is 0 Å². The first-order valence-corrected chi connectivity index (χ1v) is 14.0. The second kappa shape index (κ2) is 9.85. The summed E-state index contributed by atoms with van der Waals surface area (Å²) in [5, 5.41) is 13.6. The summed E-state index contributed by atoms with van der Waals surface area (Å²) in [4.78, 5) is 36.9. The zero-order chi connectivity index (χ0) is 27.4. The number of carbonyl (C=O) groups is 3. The fourth-order valence-corrected chi connectivity index (χ4v) is 7.76. The summed E-state index contributed by atoms with van der Waals surface area (Å²) in [6.45, 7) is 8.39. The number of aromatic carboxylic acids is 1. The van der Waals surface area contributed by atoms with Gasteiger partial charge in [-0.15, -0.1) is 0 Å². The maximum Gasteiger partial charge on any atom is 0.337 e. The monoisotopic (exact) mass is 549 g/mol. The van der Waals surface area contributed by atoms with E-state index in [0.29, 0.717) is 38.6 Å². The van der Waals surface area contributed by atoms with Gasteiger partial charge in [0, 0.05) is 12.6 Å². The SMILES string of the molecule is CC(=O)Nc1ccc(C2CC(C)C(C=C3SC(=S)N(Nc4ccccc4C(=O)O)C3=O)C3C2C3(C)C)cc1. The average molecular weight is 550 g/mol. The van der Waals surface area contributed by atoms with Crippen molar-refractivity contribution in [3.8, 4) is 0 Å². The Morgan fingerprint density at radius 2 is 1.82 bits per heavy atom. The predicted molar refractivity (Wildman–Crippen MR) is 154 cm³/mol. The number of hydrazine groups is 1. The Morgan fingerprint density at radius 3 is 2.47 bits per heavy atom. The van der Waals surface area contributed by atoms with Gasteiger partial charge in [0.1, 0.15) is 0 Å². The molecule has 38 heavy (non-hydrogen) atoms. The van der Waals surface area contributed by atoms with Crippen molar-refractivity contribution in [3.63, 3.8) is 0 Å². The number of thiocarbonyl (C=S) groups is 1.